The molecule has 132 valence electrons. The molecule has 0 heterocycles. The standard InChI is InChI=1S/C21H24O4/c1-13(20(5,14(2)22)15(3)23)12-21(16(4)24)11-10-17-8-6-7-9-18(17)19(21)25/h6-9H,1,10-12H2,2-5H3. The van der Waals surface area contributed by atoms with E-state index in [4.69, 9.17) is 0 Å². The Kier molecular flexibility index (Phi) is 4.94. The topological polar surface area (TPSA) is 68.3 Å². The SMILES string of the molecule is C=C(CC1(C(C)=O)CCc2ccccc2C1=O)C(C)(C(C)=O)C(C)=O. The van der Waals surface area contributed by atoms with Crippen molar-refractivity contribution in [1.82, 2.24) is 0 Å². The summed E-state index contributed by atoms with van der Waals surface area (Å²) in [6.45, 7) is 9.54. The summed E-state index contributed by atoms with van der Waals surface area (Å²) < 4.78 is 0. The van der Waals surface area contributed by atoms with Gasteiger partial charge in [-0.3, -0.25) is 19.2 Å². The minimum absolute atomic E-state index is 0.0190. The molecule has 1 aliphatic rings. The second kappa shape index (κ2) is 6.51. The van der Waals surface area contributed by atoms with Gasteiger partial charge in [0.05, 0.1) is 5.41 Å². The summed E-state index contributed by atoms with van der Waals surface area (Å²) in [4.78, 5) is 49.8. The molecule has 1 aliphatic carbocycles. The van der Waals surface area contributed by atoms with E-state index in [9.17, 15) is 19.2 Å². The second-order valence-electron chi connectivity index (χ2n) is 7.14. The van der Waals surface area contributed by atoms with Crippen molar-refractivity contribution in [3.05, 3.63) is 47.5 Å². The smallest absolute Gasteiger partial charge is 0.176 e. The number of aryl methyl sites for hydroxylation is 1. The Bertz CT molecular complexity index is 773. The van der Waals surface area contributed by atoms with Gasteiger partial charge in [-0.2, -0.15) is 0 Å². The summed E-state index contributed by atoms with van der Waals surface area (Å²) in [7, 11) is 0. The molecule has 0 aromatic heterocycles. The molecule has 0 aliphatic heterocycles. The van der Waals surface area contributed by atoms with Crippen molar-refractivity contribution >= 4 is 23.1 Å². The lowest BCUT2D eigenvalue weighted by Crippen LogP contribution is -2.45. The van der Waals surface area contributed by atoms with Gasteiger partial charge in [0, 0.05) is 5.56 Å². The van der Waals surface area contributed by atoms with Crippen molar-refractivity contribution in [1.29, 1.82) is 0 Å². The van der Waals surface area contributed by atoms with Crippen LogP contribution in [0.15, 0.2) is 36.4 Å². The molecule has 0 saturated heterocycles. The maximum atomic E-state index is 13.2. The minimum Gasteiger partial charge on any atom is -0.299 e. The van der Waals surface area contributed by atoms with E-state index in [1.165, 1.54) is 27.7 Å². The molecule has 25 heavy (non-hydrogen) atoms. The van der Waals surface area contributed by atoms with Crippen LogP contribution in [0.2, 0.25) is 0 Å². The van der Waals surface area contributed by atoms with Gasteiger partial charge in [-0.05, 0) is 52.5 Å². The molecule has 0 amide bonds. The summed E-state index contributed by atoms with van der Waals surface area (Å²) in [5.41, 5.74) is -0.826. The summed E-state index contributed by atoms with van der Waals surface area (Å²) in [5, 5.41) is 0. The van der Waals surface area contributed by atoms with Crippen LogP contribution >= 0.6 is 0 Å². The van der Waals surface area contributed by atoms with Gasteiger partial charge in [0.25, 0.3) is 0 Å². The average Bonchev–Trinajstić information content (AvgIpc) is 2.56. The van der Waals surface area contributed by atoms with Gasteiger partial charge in [0.2, 0.25) is 0 Å². The summed E-state index contributed by atoms with van der Waals surface area (Å²) >= 11 is 0. The van der Waals surface area contributed by atoms with Gasteiger partial charge in [-0.1, -0.05) is 36.4 Å². The van der Waals surface area contributed by atoms with E-state index in [0.717, 1.165) is 5.56 Å². The molecule has 0 spiro atoms. The van der Waals surface area contributed by atoms with Crippen molar-refractivity contribution in [2.45, 2.75) is 47.0 Å². The number of Topliss-reactive ketones (excluding diaryl/α,β-unsaturated/α-hetero) is 4. The van der Waals surface area contributed by atoms with Gasteiger partial charge >= 0.3 is 0 Å². The molecule has 4 nitrogen and oxygen atoms in total. The van der Waals surface area contributed by atoms with E-state index in [1.807, 2.05) is 12.1 Å². The molecular formula is C21H24O4. The Morgan fingerprint density at radius 2 is 1.68 bits per heavy atom. The van der Waals surface area contributed by atoms with E-state index in [0.29, 0.717) is 24.0 Å². The maximum absolute atomic E-state index is 13.2. The molecule has 1 atom stereocenters. The number of carbonyl (C=O) groups is 4. The Hall–Kier alpha value is -2.36. The van der Waals surface area contributed by atoms with E-state index in [2.05, 4.69) is 6.58 Å². The van der Waals surface area contributed by atoms with Crippen LogP contribution in [0, 0.1) is 10.8 Å². The third-order valence-corrected chi connectivity index (χ3v) is 5.82. The van der Waals surface area contributed by atoms with Gasteiger partial charge in [0.1, 0.15) is 22.8 Å². The summed E-state index contributed by atoms with van der Waals surface area (Å²) in [5.74, 6) is -1.14. The van der Waals surface area contributed by atoms with Crippen molar-refractivity contribution in [3.8, 4) is 0 Å². The lowest BCUT2D eigenvalue weighted by molar-refractivity contribution is -0.135. The van der Waals surface area contributed by atoms with Crippen LogP contribution < -0.4 is 0 Å². The molecule has 1 aromatic carbocycles. The first-order chi connectivity index (χ1) is 11.6. The Labute approximate surface area is 148 Å². The zero-order chi connectivity index (χ0) is 19.0. The number of carbonyl (C=O) groups excluding carboxylic acids is 4. The van der Waals surface area contributed by atoms with Crippen LogP contribution in [0.4, 0.5) is 0 Å². The first-order valence-corrected chi connectivity index (χ1v) is 8.41. The Morgan fingerprint density at radius 3 is 2.20 bits per heavy atom. The Morgan fingerprint density at radius 1 is 1.12 bits per heavy atom. The summed E-state index contributed by atoms with van der Waals surface area (Å²) in [6, 6.07) is 7.26. The molecule has 0 radical (unpaired) electrons. The largest absolute Gasteiger partial charge is 0.299 e. The highest BCUT2D eigenvalue weighted by Crippen LogP contribution is 2.45. The zero-order valence-electron chi connectivity index (χ0n) is 15.3. The van der Waals surface area contributed by atoms with E-state index in [-0.39, 0.29) is 29.6 Å². The number of hydrogen-bond acceptors (Lipinski definition) is 4. The highest BCUT2D eigenvalue weighted by atomic mass is 16.2. The Balaban J connectivity index is 2.49. The van der Waals surface area contributed by atoms with Crippen molar-refractivity contribution in [3.63, 3.8) is 0 Å². The highest BCUT2D eigenvalue weighted by molar-refractivity contribution is 6.16. The molecule has 0 bridgehead atoms. The first-order valence-electron chi connectivity index (χ1n) is 8.41. The lowest BCUT2D eigenvalue weighted by Gasteiger charge is -2.38. The van der Waals surface area contributed by atoms with Crippen molar-refractivity contribution in [2.75, 3.05) is 0 Å². The van der Waals surface area contributed by atoms with E-state index < -0.39 is 10.8 Å². The van der Waals surface area contributed by atoms with Crippen molar-refractivity contribution < 1.29 is 19.2 Å². The highest BCUT2D eigenvalue weighted by Gasteiger charge is 2.50. The van der Waals surface area contributed by atoms with Crippen LogP contribution in [0.3, 0.4) is 0 Å². The summed E-state index contributed by atoms with van der Waals surface area (Å²) in [6.07, 6.45) is 0.986. The monoisotopic (exact) mass is 340 g/mol. The maximum Gasteiger partial charge on any atom is 0.176 e. The molecule has 4 heteroatoms. The number of allylic oxidation sites excluding steroid dienone is 1. The predicted molar refractivity (Wildman–Crippen MR) is 95.4 cm³/mol. The first kappa shape index (κ1) is 19.0. The van der Waals surface area contributed by atoms with E-state index >= 15 is 0 Å². The van der Waals surface area contributed by atoms with Gasteiger partial charge in [-0.25, -0.2) is 0 Å². The fourth-order valence-corrected chi connectivity index (χ4v) is 3.60. The molecule has 1 aromatic rings. The van der Waals surface area contributed by atoms with Crippen LogP contribution in [0.1, 0.15) is 56.5 Å². The van der Waals surface area contributed by atoms with Gasteiger partial charge in [-0.15, -0.1) is 0 Å². The van der Waals surface area contributed by atoms with Gasteiger partial charge in [0.15, 0.2) is 5.78 Å². The molecule has 1 unspecified atom stereocenters. The fourth-order valence-electron chi connectivity index (χ4n) is 3.60. The number of fused-ring (bicyclic) bond motifs is 1. The zero-order valence-corrected chi connectivity index (χ0v) is 15.3. The molecular weight excluding hydrogens is 316 g/mol. The quantitative estimate of drug-likeness (QED) is 0.587. The average molecular weight is 340 g/mol. The number of hydrogen-bond donors (Lipinski definition) is 0. The minimum atomic E-state index is -1.38. The molecule has 0 N–H and O–H groups in total. The van der Waals surface area contributed by atoms with Crippen LogP contribution in [-0.2, 0) is 20.8 Å². The fraction of sp³-hybridized carbons (Fsp3) is 0.429. The third-order valence-electron chi connectivity index (χ3n) is 5.82. The van der Waals surface area contributed by atoms with Crippen LogP contribution in [0.5, 0.6) is 0 Å². The van der Waals surface area contributed by atoms with E-state index in [1.54, 1.807) is 12.1 Å². The predicted octanol–water partition coefficient (Wildman–Crippen LogP) is 3.52. The second-order valence-corrected chi connectivity index (χ2v) is 7.14. The normalized spacial score (nSPS) is 19.9. The number of rotatable bonds is 6. The van der Waals surface area contributed by atoms with Crippen LogP contribution in [0.25, 0.3) is 0 Å². The lowest BCUT2D eigenvalue weighted by atomic mass is 9.61. The molecule has 2 rings (SSSR count). The number of benzene rings is 1. The van der Waals surface area contributed by atoms with Crippen LogP contribution in [-0.4, -0.2) is 23.1 Å². The van der Waals surface area contributed by atoms with Gasteiger partial charge < -0.3 is 0 Å². The number of ketones is 4. The molecule has 0 saturated carbocycles. The third kappa shape index (κ3) is 2.90. The van der Waals surface area contributed by atoms with Crippen molar-refractivity contribution in [2.24, 2.45) is 10.8 Å². The molecule has 0 fully saturated rings.